The molecule has 0 unspecified atom stereocenters. The molecule has 0 aromatic heterocycles. The van der Waals surface area contributed by atoms with Gasteiger partial charge in [-0.05, 0) is 30.5 Å². The van der Waals surface area contributed by atoms with Gasteiger partial charge in [0.25, 0.3) is 0 Å². The zero-order valence-electron chi connectivity index (χ0n) is 15.2. The summed E-state index contributed by atoms with van der Waals surface area (Å²) in [7, 11) is 1.72. The fraction of sp³-hybridized carbons (Fsp3) is 0.381. The fourth-order valence-corrected chi connectivity index (χ4v) is 3.34. The van der Waals surface area contributed by atoms with Crippen molar-refractivity contribution in [3.05, 3.63) is 66.2 Å². The quantitative estimate of drug-likeness (QED) is 0.854. The van der Waals surface area contributed by atoms with Gasteiger partial charge in [-0.15, -0.1) is 0 Å². The molecule has 0 radical (unpaired) electrons. The maximum Gasteiger partial charge on any atom is 0.410 e. The minimum atomic E-state index is -0.250. The molecular formula is C21H26N2O3. The summed E-state index contributed by atoms with van der Waals surface area (Å²) < 4.78 is 10.9. The zero-order valence-corrected chi connectivity index (χ0v) is 15.2. The Labute approximate surface area is 154 Å². The summed E-state index contributed by atoms with van der Waals surface area (Å²) in [6, 6.07) is 19.9. The first-order chi connectivity index (χ1) is 12.7. The first-order valence-electron chi connectivity index (χ1n) is 8.99. The number of rotatable bonds is 6. The van der Waals surface area contributed by atoms with Crippen LogP contribution in [0.3, 0.4) is 0 Å². The van der Waals surface area contributed by atoms with Gasteiger partial charge in [-0.1, -0.05) is 48.5 Å². The smallest absolute Gasteiger partial charge is 0.410 e. The molecule has 5 heteroatoms. The third-order valence-electron chi connectivity index (χ3n) is 4.79. The number of likely N-dealkylation sites (tertiary alicyclic amines) is 1. The van der Waals surface area contributed by atoms with Gasteiger partial charge in [0.15, 0.2) is 0 Å². The number of carbonyl (C=O) groups excluding carboxylic acids is 1. The highest BCUT2D eigenvalue weighted by atomic mass is 16.6. The Kier molecular flexibility index (Phi) is 6.12. The van der Waals surface area contributed by atoms with Gasteiger partial charge >= 0.3 is 6.09 Å². The van der Waals surface area contributed by atoms with E-state index < -0.39 is 0 Å². The van der Waals surface area contributed by atoms with Crippen molar-refractivity contribution in [1.82, 2.24) is 4.90 Å². The van der Waals surface area contributed by atoms with Crippen molar-refractivity contribution in [2.45, 2.75) is 25.0 Å². The Bertz CT molecular complexity index is 683. The lowest BCUT2D eigenvalue weighted by Crippen LogP contribution is -2.53. The summed E-state index contributed by atoms with van der Waals surface area (Å²) in [5.41, 5.74) is 1.91. The highest BCUT2D eigenvalue weighted by molar-refractivity contribution is 5.68. The van der Waals surface area contributed by atoms with Crippen molar-refractivity contribution in [2.24, 2.45) is 0 Å². The van der Waals surface area contributed by atoms with E-state index in [-0.39, 0.29) is 11.6 Å². The van der Waals surface area contributed by atoms with Crippen molar-refractivity contribution in [3.63, 3.8) is 0 Å². The fourth-order valence-electron chi connectivity index (χ4n) is 3.34. The van der Waals surface area contributed by atoms with E-state index >= 15 is 0 Å². The molecule has 0 spiro atoms. The predicted octanol–water partition coefficient (Wildman–Crippen LogP) is 3.92. The molecule has 2 aromatic carbocycles. The van der Waals surface area contributed by atoms with Crippen LogP contribution >= 0.6 is 0 Å². The van der Waals surface area contributed by atoms with Crippen molar-refractivity contribution in [1.29, 1.82) is 0 Å². The van der Waals surface area contributed by atoms with Gasteiger partial charge in [0.2, 0.25) is 0 Å². The number of anilines is 1. The van der Waals surface area contributed by atoms with Crippen molar-refractivity contribution >= 4 is 11.8 Å². The van der Waals surface area contributed by atoms with Gasteiger partial charge in [0, 0.05) is 25.9 Å². The standard InChI is InChI=1S/C21H26N2O3/c1-25-17-21(22-19-10-6-3-7-11-19)12-14-23(15-13-21)20(24)26-16-18-8-4-2-5-9-18/h2-11,22H,12-17H2,1H3. The van der Waals surface area contributed by atoms with Crippen LogP contribution in [0.15, 0.2) is 60.7 Å². The first kappa shape index (κ1) is 18.3. The van der Waals surface area contributed by atoms with Gasteiger partial charge in [0.1, 0.15) is 6.61 Å². The van der Waals surface area contributed by atoms with Gasteiger partial charge in [-0.25, -0.2) is 4.79 Å². The molecule has 5 nitrogen and oxygen atoms in total. The molecule has 0 saturated carbocycles. The van der Waals surface area contributed by atoms with E-state index in [1.54, 1.807) is 12.0 Å². The molecule has 2 aromatic rings. The van der Waals surface area contributed by atoms with Crippen molar-refractivity contribution < 1.29 is 14.3 Å². The van der Waals surface area contributed by atoms with E-state index in [2.05, 4.69) is 17.4 Å². The molecule has 1 fully saturated rings. The molecule has 3 rings (SSSR count). The van der Waals surface area contributed by atoms with Crippen LogP contribution in [0.1, 0.15) is 18.4 Å². The van der Waals surface area contributed by atoms with E-state index in [9.17, 15) is 4.79 Å². The number of amides is 1. The minimum Gasteiger partial charge on any atom is -0.445 e. The van der Waals surface area contributed by atoms with E-state index in [4.69, 9.17) is 9.47 Å². The van der Waals surface area contributed by atoms with Crippen molar-refractivity contribution in [3.8, 4) is 0 Å². The molecule has 1 heterocycles. The van der Waals surface area contributed by atoms with E-state index in [1.807, 2.05) is 48.5 Å². The number of para-hydroxylation sites is 1. The normalized spacial score (nSPS) is 16.1. The van der Waals surface area contributed by atoms with Gasteiger partial charge < -0.3 is 19.7 Å². The second-order valence-corrected chi connectivity index (χ2v) is 6.73. The molecule has 0 aliphatic carbocycles. The van der Waals surface area contributed by atoms with Gasteiger partial charge in [-0.2, -0.15) is 0 Å². The van der Waals surface area contributed by atoms with Crippen LogP contribution in [-0.2, 0) is 16.1 Å². The lowest BCUT2D eigenvalue weighted by atomic mass is 9.88. The number of hydrogen-bond acceptors (Lipinski definition) is 4. The molecule has 0 atom stereocenters. The van der Waals surface area contributed by atoms with Crippen LogP contribution in [-0.4, -0.2) is 43.3 Å². The second-order valence-electron chi connectivity index (χ2n) is 6.73. The Morgan fingerprint density at radius 3 is 2.27 bits per heavy atom. The van der Waals surface area contributed by atoms with Crippen LogP contribution in [0.2, 0.25) is 0 Å². The molecule has 138 valence electrons. The number of hydrogen-bond donors (Lipinski definition) is 1. The summed E-state index contributed by atoms with van der Waals surface area (Å²) >= 11 is 0. The van der Waals surface area contributed by atoms with Crippen LogP contribution in [0.25, 0.3) is 0 Å². The second kappa shape index (κ2) is 8.72. The highest BCUT2D eigenvalue weighted by Crippen LogP contribution is 2.28. The maximum atomic E-state index is 12.4. The Morgan fingerprint density at radius 2 is 1.65 bits per heavy atom. The third kappa shape index (κ3) is 4.76. The third-order valence-corrected chi connectivity index (χ3v) is 4.79. The van der Waals surface area contributed by atoms with E-state index in [1.165, 1.54) is 0 Å². The van der Waals surface area contributed by atoms with Crippen LogP contribution in [0.5, 0.6) is 0 Å². The first-order valence-corrected chi connectivity index (χ1v) is 8.99. The SMILES string of the molecule is COCC1(Nc2ccccc2)CCN(C(=O)OCc2ccccc2)CC1. The molecule has 1 N–H and O–H groups in total. The number of piperidine rings is 1. The predicted molar refractivity (Wildman–Crippen MR) is 102 cm³/mol. The summed E-state index contributed by atoms with van der Waals surface area (Å²) in [6.45, 7) is 2.21. The number of nitrogens with one attached hydrogen (secondary N) is 1. The lowest BCUT2D eigenvalue weighted by Gasteiger charge is -2.42. The van der Waals surface area contributed by atoms with Crippen LogP contribution in [0, 0.1) is 0 Å². The summed E-state index contributed by atoms with van der Waals surface area (Å²) in [4.78, 5) is 14.1. The van der Waals surface area contributed by atoms with Gasteiger partial charge in [0.05, 0.1) is 12.1 Å². The van der Waals surface area contributed by atoms with E-state index in [0.717, 1.165) is 24.1 Å². The van der Waals surface area contributed by atoms with E-state index in [0.29, 0.717) is 26.3 Å². The molecular weight excluding hydrogens is 328 g/mol. The molecule has 0 bridgehead atoms. The zero-order chi connectivity index (χ0) is 18.2. The van der Waals surface area contributed by atoms with Crippen LogP contribution < -0.4 is 5.32 Å². The maximum absolute atomic E-state index is 12.4. The minimum absolute atomic E-state index is 0.160. The van der Waals surface area contributed by atoms with Crippen LogP contribution in [0.4, 0.5) is 10.5 Å². The number of methoxy groups -OCH3 is 1. The topological polar surface area (TPSA) is 50.8 Å². The number of ether oxygens (including phenoxy) is 2. The average Bonchev–Trinajstić information content (AvgIpc) is 2.68. The molecule has 1 saturated heterocycles. The summed E-state index contributed by atoms with van der Waals surface area (Å²) in [5.74, 6) is 0. The Balaban J connectivity index is 1.54. The Hall–Kier alpha value is -2.53. The molecule has 1 amide bonds. The lowest BCUT2D eigenvalue weighted by molar-refractivity contribution is 0.0618. The van der Waals surface area contributed by atoms with Gasteiger partial charge in [-0.3, -0.25) is 0 Å². The molecule has 26 heavy (non-hydrogen) atoms. The number of nitrogens with zero attached hydrogens (tertiary/aromatic N) is 1. The highest BCUT2D eigenvalue weighted by Gasteiger charge is 2.36. The summed E-state index contributed by atoms with van der Waals surface area (Å²) in [5, 5.41) is 3.61. The summed E-state index contributed by atoms with van der Waals surface area (Å²) in [6.07, 6.45) is 1.38. The Morgan fingerprint density at radius 1 is 1.04 bits per heavy atom. The number of carbonyl (C=O) groups is 1. The average molecular weight is 354 g/mol. The molecule has 1 aliphatic rings. The number of benzene rings is 2. The monoisotopic (exact) mass is 354 g/mol. The largest absolute Gasteiger partial charge is 0.445 e. The molecule has 1 aliphatic heterocycles. The van der Waals surface area contributed by atoms with Crippen molar-refractivity contribution in [2.75, 3.05) is 32.1 Å².